The molecule has 0 fully saturated rings. The number of thiazole rings is 1. The maximum absolute atomic E-state index is 12.8. The average molecular weight is 475 g/mol. The SMILES string of the molecule is COC(=O)C1=C(C)NC(C)=C(C(=O)OC)C1c1cccc(-c2nc(-c3cccc(C)c3)cs2)c1. The van der Waals surface area contributed by atoms with Gasteiger partial charge in [-0.2, -0.15) is 0 Å². The number of dihydropyridines is 1. The predicted molar refractivity (Wildman–Crippen MR) is 133 cm³/mol. The third-order valence-electron chi connectivity index (χ3n) is 5.86. The topological polar surface area (TPSA) is 77.5 Å². The van der Waals surface area contributed by atoms with E-state index in [1.165, 1.54) is 19.8 Å². The molecule has 0 atom stereocenters. The van der Waals surface area contributed by atoms with Crippen LogP contribution in [0, 0.1) is 6.92 Å². The highest BCUT2D eigenvalue weighted by molar-refractivity contribution is 7.13. The van der Waals surface area contributed by atoms with Gasteiger partial charge in [-0.1, -0.05) is 42.0 Å². The van der Waals surface area contributed by atoms with Crippen molar-refractivity contribution < 1.29 is 19.1 Å². The number of aryl methyl sites for hydroxylation is 1. The van der Waals surface area contributed by atoms with Gasteiger partial charge in [0.2, 0.25) is 0 Å². The second-order valence-electron chi connectivity index (χ2n) is 8.15. The van der Waals surface area contributed by atoms with Gasteiger partial charge in [0, 0.05) is 27.9 Å². The molecule has 0 unspecified atom stereocenters. The summed E-state index contributed by atoms with van der Waals surface area (Å²) in [6.07, 6.45) is 0. The predicted octanol–water partition coefficient (Wildman–Crippen LogP) is 5.37. The van der Waals surface area contributed by atoms with Crippen LogP contribution in [0.3, 0.4) is 0 Å². The first-order chi connectivity index (χ1) is 16.3. The maximum atomic E-state index is 12.8. The smallest absolute Gasteiger partial charge is 0.336 e. The number of nitrogens with zero attached hydrogens (tertiary/aromatic N) is 1. The number of hydrogen-bond acceptors (Lipinski definition) is 7. The van der Waals surface area contributed by atoms with Crippen molar-refractivity contribution in [3.63, 3.8) is 0 Å². The van der Waals surface area contributed by atoms with E-state index in [-0.39, 0.29) is 0 Å². The van der Waals surface area contributed by atoms with E-state index in [0.29, 0.717) is 22.5 Å². The van der Waals surface area contributed by atoms with Crippen LogP contribution in [0.5, 0.6) is 0 Å². The average Bonchev–Trinajstić information content (AvgIpc) is 3.33. The van der Waals surface area contributed by atoms with Gasteiger partial charge >= 0.3 is 11.9 Å². The van der Waals surface area contributed by atoms with E-state index in [4.69, 9.17) is 14.5 Å². The quantitative estimate of drug-likeness (QED) is 0.501. The maximum Gasteiger partial charge on any atom is 0.336 e. The Bertz CT molecular complexity index is 1300. The Labute approximate surface area is 202 Å². The fourth-order valence-corrected chi connectivity index (χ4v) is 5.11. The number of aromatic nitrogens is 1. The largest absolute Gasteiger partial charge is 0.466 e. The molecule has 1 aliphatic rings. The second kappa shape index (κ2) is 9.65. The van der Waals surface area contributed by atoms with Crippen molar-refractivity contribution in [2.75, 3.05) is 14.2 Å². The Balaban J connectivity index is 1.80. The number of rotatable bonds is 5. The molecule has 0 aliphatic carbocycles. The Morgan fingerprint density at radius 1 is 0.882 bits per heavy atom. The van der Waals surface area contributed by atoms with Gasteiger partial charge in [-0.15, -0.1) is 11.3 Å². The summed E-state index contributed by atoms with van der Waals surface area (Å²) in [7, 11) is 2.67. The molecule has 34 heavy (non-hydrogen) atoms. The van der Waals surface area contributed by atoms with Crippen molar-refractivity contribution in [1.82, 2.24) is 10.3 Å². The van der Waals surface area contributed by atoms with Crippen molar-refractivity contribution in [3.8, 4) is 21.8 Å². The molecule has 6 nitrogen and oxygen atoms in total. The molecule has 3 aromatic rings. The van der Waals surface area contributed by atoms with Gasteiger partial charge in [0.25, 0.3) is 0 Å². The molecule has 0 radical (unpaired) electrons. The van der Waals surface area contributed by atoms with Gasteiger partial charge in [-0.3, -0.25) is 0 Å². The molecule has 1 N–H and O–H groups in total. The van der Waals surface area contributed by atoms with Gasteiger partial charge in [0.1, 0.15) is 5.01 Å². The Hall–Kier alpha value is -3.71. The second-order valence-corrected chi connectivity index (χ2v) is 9.01. The van der Waals surface area contributed by atoms with Gasteiger partial charge < -0.3 is 14.8 Å². The van der Waals surface area contributed by atoms with E-state index >= 15 is 0 Å². The first-order valence-electron chi connectivity index (χ1n) is 10.8. The zero-order valence-corrected chi connectivity index (χ0v) is 20.6. The molecule has 1 aliphatic heterocycles. The van der Waals surface area contributed by atoms with E-state index in [0.717, 1.165) is 27.4 Å². The van der Waals surface area contributed by atoms with E-state index in [9.17, 15) is 9.59 Å². The van der Waals surface area contributed by atoms with Gasteiger partial charge in [0.05, 0.1) is 37.0 Å². The molecule has 0 saturated heterocycles. The molecule has 2 heterocycles. The lowest BCUT2D eigenvalue weighted by Gasteiger charge is -2.30. The fraction of sp³-hybridized carbons (Fsp3) is 0.222. The summed E-state index contributed by atoms with van der Waals surface area (Å²) in [5.41, 5.74) is 6.88. The standard InChI is InChI=1S/C27H26N2O4S/c1-15-8-6-9-18(12-15)21-14-34-25(29-21)20-11-7-10-19(13-20)24-22(26(30)32-4)16(2)28-17(3)23(24)27(31)33-5/h6-14,24,28H,1-5H3. The molecule has 0 spiro atoms. The number of esters is 2. The van der Waals surface area contributed by atoms with Crippen LogP contribution in [-0.2, 0) is 19.1 Å². The van der Waals surface area contributed by atoms with Crippen LogP contribution in [0.1, 0.15) is 30.9 Å². The number of ether oxygens (including phenoxy) is 2. The summed E-state index contributed by atoms with van der Waals surface area (Å²) < 4.78 is 10.1. The number of benzene rings is 2. The number of allylic oxidation sites excluding steroid dienone is 2. The summed E-state index contributed by atoms with van der Waals surface area (Å²) in [5.74, 6) is -1.62. The molecule has 4 rings (SSSR count). The molecule has 0 amide bonds. The monoisotopic (exact) mass is 474 g/mol. The lowest BCUT2D eigenvalue weighted by Crippen LogP contribution is -2.32. The molecule has 174 valence electrons. The minimum Gasteiger partial charge on any atom is -0.466 e. The first-order valence-corrected chi connectivity index (χ1v) is 11.7. The minimum absolute atomic E-state index is 0.380. The van der Waals surface area contributed by atoms with Crippen molar-refractivity contribution >= 4 is 23.3 Å². The number of nitrogens with one attached hydrogen (secondary N) is 1. The minimum atomic E-state index is -0.627. The lowest BCUT2D eigenvalue weighted by atomic mass is 9.80. The molecular formula is C27H26N2O4S. The molecule has 2 aromatic carbocycles. The van der Waals surface area contributed by atoms with Gasteiger partial charge in [0.15, 0.2) is 0 Å². The highest BCUT2D eigenvalue weighted by Gasteiger charge is 2.37. The number of methoxy groups -OCH3 is 2. The van der Waals surface area contributed by atoms with E-state index in [1.54, 1.807) is 25.2 Å². The van der Waals surface area contributed by atoms with Crippen molar-refractivity contribution in [2.45, 2.75) is 26.7 Å². The van der Waals surface area contributed by atoms with Crippen molar-refractivity contribution in [2.24, 2.45) is 0 Å². The van der Waals surface area contributed by atoms with Crippen LogP contribution >= 0.6 is 11.3 Å². The Kier molecular flexibility index (Phi) is 6.65. The van der Waals surface area contributed by atoms with E-state index < -0.39 is 17.9 Å². The van der Waals surface area contributed by atoms with Gasteiger partial charge in [-0.05, 0) is 38.5 Å². The highest BCUT2D eigenvalue weighted by Crippen LogP contribution is 2.40. The summed E-state index contributed by atoms with van der Waals surface area (Å²) in [4.78, 5) is 30.4. The number of hydrogen-bond donors (Lipinski definition) is 1. The fourth-order valence-electron chi connectivity index (χ4n) is 4.28. The summed E-state index contributed by atoms with van der Waals surface area (Å²) in [5, 5.41) is 6.02. The van der Waals surface area contributed by atoms with E-state index in [2.05, 4.69) is 24.4 Å². The number of carbonyl (C=O) groups is 2. The molecule has 1 aromatic heterocycles. The molecular weight excluding hydrogens is 448 g/mol. The summed E-state index contributed by atoms with van der Waals surface area (Å²) >= 11 is 1.55. The Morgan fingerprint density at radius 3 is 2.12 bits per heavy atom. The molecule has 0 bridgehead atoms. The third kappa shape index (κ3) is 4.39. The third-order valence-corrected chi connectivity index (χ3v) is 6.75. The van der Waals surface area contributed by atoms with Crippen molar-refractivity contribution in [1.29, 1.82) is 0 Å². The van der Waals surface area contributed by atoms with Gasteiger partial charge in [-0.25, -0.2) is 14.6 Å². The number of carbonyl (C=O) groups excluding carboxylic acids is 2. The molecule has 7 heteroatoms. The summed E-state index contributed by atoms with van der Waals surface area (Å²) in [6, 6.07) is 16.0. The first kappa shape index (κ1) is 23.4. The van der Waals surface area contributed by atoms with E-state index in [1.807, 2.05) is 41.8 Å². The van der Waals surface area contributed by atoms with Crippen molar-refractivity contribution in [3.05, 3.63) is 87.6 Å². The molecule has 0 saturated carbocycles. The highest BCUT2D eigenvalue weighted by atomic mass is 32.1. The van der Waals surface area contributed by atoms with Crippen LogP contribution in [0.25, 0.3) is 21.8 Å². The van der Waals surface area contributed by atoms with Crippen LogP contribution in [0.4, 0.5) is 0 Å². The summed E-state index contributed by atoms with van der Waals surface area (Å²) in [6.45, 7) is 5.66. The zero-order chi connectivity index (χ0) is 24.4. The Morgan fingerprint density at radius 2 is 1.50 bits per heavy atom. The van der Waals surface area contributed by atoms with Crippen LogP contribution in [-0.4, -0.2) is 31.1 Å². The zero-order valence-electron chi connectivity index (χ0n) is 19.8. The normalized spacial score (nSPS) is 14.1. The lowest BCUT2D eigenvalue weighted by molar-refractivity contribution is -0.137. The van der Waals surface area contributed by atoms with Crippen LogP contribution < -0.4 is 5.32 Å². The van der Waals surface area contributed by atoms with Crippen LogP contribution in [0.2, 0.25) is 0 Å². The van der Waals surface area contributed by atoms with Crippen LogP contribution in [0.15, 0.2) is 76.5 Å².